The normalized spacial score (nSPS) is 22.8. The van der Waals surface area contributed by atoms with Gasteiger partial charge in [-0.15, -0.1) is 0 Å². The van der Waals surface area contributed by atoms with Crippen molar-refractivity contribution < 1.29 is 14.6 Å². The van der Waals surface area contributed by atoms with E-state index in [4.69, 9.17) is 0 Å². The molecule has 1 rings (SSSR count). The molecule has 94 valence electrons. The summed E-state index contributed by atoms with van der Waals surface area (Å²) in [7, 11) is 1.29. The molecule has 1 unspecified atom stereocenters. The van der Waals surface area contributed by atoms with Gasteiger partial charge in [0.15, 0.2) is 5.60 Å². The van der Waals surface area contributed by atoms with Gasteiger partial charge in [-0.2, -0.15) is 0 Å². The molecular formula is C12H23NO3. The van der Waals surface area contributed by atoms with Crippen LogP contribution in [-0.2, 0) is 9.53 Å². The Balaban J connectivity index is 2.35. The van der Waals surface area contributed by atoms with E-state index < -0.39 is 11.6 Å². The van der Waals surface area contributed by atoms with Crippen LogP contribution in [0.4, 0.5) is 0 Å². The number of methoxy groups -OCH3 is 1. The molecule has 1 aliphatic rings. The van der Waals surface area contributed by atoms with Crippen molar-refractivity contribution in [2.75, 3.05) is 13.7 Å². The summed E-state index contributed by atoms with van der Waals surface area (Å²) in [4.78, 5) is 11.3. The first-order valence-electron chi connectivity index (χ1n) is 6.01. The van der Waals surface area contributed by atoms with E-state index in [1.54, 1.807) is 0 Å². The fourth-order valence-corrected chi connectivity index (χ4v) is 2.28. The van der Waals surface area contributed by atoms with Gasteiger partial charge in [0, 0.05) is 12.6 Å². The Labute approximate surface area is 97.4 Å². The van der Waals surface area contributed by atoms with Crippen molar-refractivity contribution in [2.45, 2.75) is 51.2 Å². The Morgan fingerprint density at radius 1 is 1.56 bits per heavy atom. The smallest absolute Gasteiger partial charge is 0.338 e. The topological polar surface area (TPSA) is 58.6 Å². The van der Waals surface area contributed by atoms with Crippen molar-refractivity contribution in [1.29, 1.82) is 0 Å². The van der Waals surface area contributed by atoms with Crippen molar-refractivity contribution in [2.24, 2.45) is 5.92 Å². The van der Waals surface area contributed by atoms with Crippen molar-refractivity contribution in [3.8, 4) is 0 Å². The molecule has 0 aromatic carbocycles. The fourth-order valence-electron chi connectivity index (χ4n) is 2.28. The lowest BCUT2D eigenvalue weighted by molar-refractivity contribution is -0.160. The van der Waals surface area contributed by atoms with E-state index >= 15 is 0 Å². The molecule has 0 amide bonds. The molecular weight excluding hydrogens is 206 g/mol. The first-order chi connectivity index (χ1) is 7.47. The predicted octanol–water partition coefficient (Wildman–Crippen LogP) is 1.08. The monoisotopic (exact) mass is 229 g/mol. The molecule has 4 nitrogen and oxygen atoms in total. The molecule has 2 N–H and O–H groups in total. The highest BCUT2D eigenvalue weighted by Gasteiger charge is 2.32. The lowest BCUT2D eigenvalue weighted by Crippen LogP contribution is -2.49. The summed E-state index contributed by atoms with van der Waals surface area (Å²) in [6.45, 7) is 3.84. The van der Waals surface area contributed by atoms with Crippen LogP contribution < -0.4 is 5.32 Å². The molecule has 0 aliphatic heterocycles. The molecule has 1 fully saturated rings. The average molecular weight is 229 g/mol. The highest BCUT2D eigenvalue weighted by atomic mass is 16.5. The van der Waals surface area contributed by atoms with Crippen LogP contribution in [0.3, 0.4) is 0 Å². The zero-order valence-electron chi connectivity index (χ0n) is 10.5. The Morgan fingerprint density at radius 2 is 2.12 bits per heavy atom. The maximum absolute atomic E-state index is 11.3. The van der Waals surface area contributed by atoms with Gasteiger partial charge in [-0.3, -0.25) is 0 Å². The zero-order valence-corrected chi connectivity index (χ0v) is 10.5. The third kappa shape index (κ3) is 3.46. The first kappa shape index (κ1) is 13.5. The summed E-state index contributed by atoms with van der Waals surface area (Å²) in [5.74, 6) is 0.0899. The van der Waals surface area contributed by atoms with Gasteiger partial charge >= 0.3 is 5.97 Å². The molecule has 2 atom stereocenters. The van der Waals surface area contributed by atoms with E-state index in [-0.39, 0.29) is 6.54 Å². The molecule has 0 heterocycles. The van der Waals surface area contributed by atoms with Gasteiger partial charge in [-0.25, -0.2) is 4.79 Å². The minimum absolute atomic E-state index is 0.247. The highest BCUT2D eigenvalue weighted by Crippen LogP contribution is 2.27. The van der Waals surface area contributed by atoms with E-state index in [1.165, 1.54) is 39.7 Å². The van der Waals surface area contributed by atoms with E-state index in [2.05, 4.69) is 17.0 Å². The van der Waals surface area contributed by atoms with Gasteiger partial charge < -0.3 is 15.2 Å². The molecule has 4 heteroatoms. The molecule has 0 bridgehead atoms. The zero-order chi connectivity index (χ0) is 12.2. The molecule has 0 aromatic rings. The number of hydrogen-bond donors (Lipinski definition) is 2. The second-order valence-corrected chi connectivity index (χ2v) is 4.98. The quantitative estimate of drug-likeness (QED) is 0.693. The number of esters is 1. The second kappa shape index (κ2) is 5.64. The summed E-state index contributed by atoms with van der Waals surface area (Å²) in [6, 6.07) is 0.346. The van der Waals surface area contributed by atoms with E-state index in [0.29, 0.717) is 12.0 Å². The van der Waals surface area contributed by atoms with Gasteiger partial charge in [-0.1, -0.05) is 12.8 Å². The number of carbonyl (C=O) groups is 1. The van der Waals surface area contributed by atoms with E-state index in [0.717, 1.165) is 0 Å². The van der Waals surface area contributed by atoms with Crippen LogP contribution in [0.1, 0.15) is 39.5 Å². The fraction of sp³-hybridized carbons (Fsp3) is 0.917. The molecule has 0 saturated heterocycles. The maximum Gasteiger partial charge on any atom is 0.338 e. The summed E-state index contributed by atoms with van der Waals surface area (Å²) in [5, 5.41) is 13.1. The first-order valence-corrected chi connectivity index (χ1v) is 6.01. The summed E-state index contributed by atoms with van der Waals surface area (Å²) in [6.07, 6.45) is 5.08. The number of ether oxygens (including phenoxy) is 1. The Hall–Kier alpha value is -0.610. The molecule has 0 radical (unpaired) electrons. The van der Waals surface area contributed by atoms with Gasteiger partial charge in [0.25, 0.3) is 0 Å². The number of rotatable bonds is 5. The lowest BCUT2D eigenvalue weighted by atomic mass is 9.98. The van der Waals surface area contributed by atoms with Crippen molar-refractivity contribution in [3.63, 3.8) is 0 Å². The van der Waals surface area contributed by atoms with Crippen LogP contribution in [-0.4, -0.2) is 36.4 Å². The summed E-state index contributed by atoms with van der Waals surface area (Å²) in [5.41, 5.74) is -1.43. The van der Waals surface area contributed by atoms with Gasteiger partial charge in [0.2, 0.25) is 0 Å². The van der Waals surface area contributed by atoms with Crippen LogP contribution in [0.15, 0.2) is 0 Å². The minimum atomic E-state index is -1.43. The van der Waals surface area contributed by atoms with Crippen molar-refractivity contribution in [1.82, 2.24) is 5.32 Å². The number of nitrogens with one attached hydrogen (secondary N) is 1. The number of aliphatic hydroxyl groups is 1. The third-order valence-electron chi connectivity index (χ3n) is 3.50. The lowest BCUT2D eigenvalue weighted by Gasteiger charge is -2.26. The van der Waals surface area contributed by atoms with Crippen LogP contribution in [0, 0.1) is 5.92 Å². The Morgan fingerprint density at radius 3 is 2.62 bits per heavy atom. The second-order valence-electron chi connectivity index (χ2n) is 4.98. The Bertz CT molecular complexity index is 234. The largest absolute Gasteiger partial charge is 0.467 e. The molecule has 16 heavy (non-hydrogen) atoms. The van der Waals surface area contributed by atoms with Gasteiger partial charge in [0.05, 0.1) is 7.11 Å². The molecule has 0 spiro atoms. The summed E-state index contributed by atoms with van der Waals surface area (Å²) < 4.78 is 4.54. The van der Waals surface area contributed by atoms with Crippen molar-refractivity contribution in [3.05, 3.63) is 0 Å². The van der Waals surface area contributed by atoms with Crippen LogP contribution >= 0.6 is 0 Å². The van der Waals surface area contributed by atoms with Crippen LogP contribution in [0.2, 0.25) is 0 Å². The van der Waals surface area contributed by atoms with E-state index in [9.17, 15) is 9.90 Å². The molecule has 1 saturated carbocycles. The number of carbonyl (C=O) groups excluding carboxylic acids is 1. The Kier molecular flexibility index (Phi) is 4.74. The van der Waals surface area contributed by atoms with E-state index in [1.807, 2.05) is 0 Å². The van der Waals surface area contributed by atoms with Gasteiger partial charge in [-0.05, 0) is 32.6 Å². The maximum atomic E-state index is 11.3. The standard InChI is InChI=1S/C12H23NO3/c1-9(10-6-4-5-7-10)13-8-12(2,15)11(14)16-3/h9-10,13,15H,4-8H2,1-3H3/t9-,12?/m0/s1. The third-order valence-corrected chi connectivity index (χ3v) is 3.50. The average Bonchev–Trinajstić information content (AvgIpc) is 2.78. The number of hydrogen-bond acceptors (Lipinski definition) is 4. The predicted molar refractivity (Wildman–Crippen MR) is 62.1 cm³/mol. The minimum Gasteiger partial charge on any atom is -0.467 e. The summed E-state index contributed by atoms with van der Waals surface area (Å²) >= 11 is 0. The van der Waals surface area contributed by atoms with Crippen LogP contribution in [0.25, 0.3) is 0 Å². The SMILES string of the molecule is COC(=O)C(C)(O)CN[C@@H](C)C1CCCC1. The molecule has 1 aliphatic carbocycles. The highest BCUT2D eigenvalue weighted by molar-refractivity contribution is 5.78. The molecule has 0 aromatic heterocycles. The van der Waals surface area contributed by atoms with Gasteiger partial charge in [0.1, 0.15) is 0 Å². The van der Waals surface area contributed by atoms with Crippen molar-refractivity contribution >= 4 is 5.97 Å². The van der Waals surface area contributed by atoms with Crippen LogP contribution in [0.5, 0.6) is 0 Å².